The number of benzene rings is 2. The van der Waals surface area contributed by atoms with Gasteiger partial charge in [-0.25, -0.2) is 4.79 Å². The third-order valence-electron chi connectivity index (χ3n) is 9.95. The lowest BCUT2D eigenvalue weighted by Gasteiger charge is -2.42. The second-order valence-electron chi connectivity index (χ2n) is 14.1. The standard InChI is InChI=1S/C37H44N2O14/c1-15(2)30(39-24(42)10-9-16(3)40)36(48)51-14-23(41)37(49)12-19-27(22(13-37)53-25-11-20(38)31(43)17(4)52-25)35(47)29-28(33(19)45)32(44)18-7-6-8-21(50-5)26(18)34(29)46/h6-8,15,17,20,22,25,30-31,43,45,47,49H,9-14,38H2,1-5H3,(H,39,42)/t17?,20?,22-,25?,30-,31?,37?/m1/s1. The van der Waals surface area contributed by atoms with Crippen LogP contribution in [0, 0.1) is 5.92 Å². The summed E-state index contributed by atoms with van der Waals surface area (Å²) in [7, 11) is 1.30. The summed E-state index contributed by atoms with van der Waals surface area (Å²) < 4.78 is 22.5. The van der Waals surface area contributed by atoms with Crippen molar-refractivity contribution in [3.8, 4) is 17.2 Å². The summed E-state index contributed by atoms with van der Waals surface area (Å²) in [5.74, 6) is -6.43. The molecule has 2 aromatic rings. The van der Waals surface area contributed by atoms with Crippen molar-refractivity contribution in [2.24, 2.45) is 11.7 Å². The number of nitrogens with two attached hydrogens (primary N) is 1. The number of amides is 1. The molecule has 1 heterocycles. The van der Waals surface area contributed by atoms with Gasteiger partial charge in [0.1, 0.15) is 34.7 Å². The Labute approximate surface area is 304 Å². The first-order valence-electron chi connectivity index (χ1n) is 17.2. The summed E-state index contributed by atoms with van der Waals surface area (Å²) in [4.78, 5) is 78.3. The van der Waals surface area contributed by atoms with Gasteiger partial charge in [0.15, 0.2) is 18.7 Å². The van der Waals surface area contributed by atoms with E-state index in [1.807, 2.05) is 0 Å². The molecule has 0 bridgehead atoms. The van der Waals surface area contributed by atoms with Crippen molar-refractivity contribution >= 4 is 35.0 Å². The number of phenolic OH excluding ortho intramolecular Hbond substituents is 2. The number of aliphatic hydroxyl groups is 2. The second-order valence-corrected chi connectivity index (χ2v) is 14.1. The number of nitrogens with one attached hydrogen (secondary N) is 1. The number of aliphatic hydroxyl groups excluding tert-OH is 1. The Morgan fingerprint density at radius 2 is 1.74 bits per heavy atom. The number of carbonyl (C=O) groups excluding carboxylic acids is 6. The molecule has 286 valence electrons. The van der Waals surface area contributed by atoms with Crippen LogP contribution in [0.4, 0.5) is 0 Å². The monoisotopic (exact) mass is 740 g/mol. The molecule has 1 saturated heterocycles. The fourth-order valence-electron chi connectivity index (χ4n) is 7.00. The first-order chi connectivity index (χ1) is 24.9. The summed E-state index contributed by atoms with van der Waals surface area (Å²) in [5, 5.41) is 48.2. The first kappa shape index (κ1) is 39.5. The molecule has 16 heteroatoms. The number of phenols is 2. The molecule has 7 atom stereocenters. The number of carbonyl (C=O) groups is 6. The van der Waals surface area contributed by atoms with Gasteiger partial charge in [-0.3, -0.25) is 19.2 Å². The summed E-state index contributed by atoms with van der Waals surface area (Å²) in [6.07, 6.45) is -6.06. The molecule has 1 aliphatic heterocycles. The Morgan fingerprint density at radius 1 is 1.06 bits per heavy atom. The number of rotatable bonds is 12. The minimum Gasteiger partial charge on any atom is -0.507 e. The maximum Gasteiger partial charge on any atom is 0.329 e. The van der Waals surface area contributed by atoms with Crippen LogP contribution in [0.25, 0.3) is 0 Å². The topological polar surface area (TPSA) is 258 Å². The zero-order chi connectivity index (χ0) is 39.1. The van der Waals surface area contributed by atoms with Crippen LogP contribution in [-0.2, 0) is 39.8 Å². The minimum atomic E-state index is -2.45. The van der Waals surface area contributed by atoms with E-state index in [1.165, 1.54) is 32.2 Å². The summed E-state index contributed by atoms with van der Waals surface area (Å²) in [6.45, 7) is 5.14. The minimum absolute atomic E-state index is 0.0364. The van der Waals surface area contributed by atoms with Crippen molar-refractivity contribution in [3.63, 3.8) is 0 Å². The van der Waals surface area contributed by atoms with Crippen LogP contribution < -0.4 is 15.8 Å². The Bertz CT molecular complexity index is 1840. The van der Waals surface area contributed by atoms with E-state index in [0.717, 1.165) is 0 Å². The molecule has 1 fully saturated rings. The molecule has 16 nitrogen and oxygen atoms in total. The third kappa shape index (κ3) is 7.55. The molecular formula is C37H44N2O14. The fraction of sp³-hybridized carbons (Fsp3) is 0.514. The molecule has 53 heavy (non-hydrogen) atoms. The number of hydrogen-bond donors (Lipinski definition) is 6. The molecule has 3 aliphatic rings. The quantitative estimate of drug-likeness (QED) is 0.112. The highest BCUT2D eigenvalue weighted by molar-refractivity contribution is 6.31. The van der Waals surface area contributed by atoms with Gasteiger partial charge in [0.05, 0.1) is 42.1 Å². The van der Waals surface area contributed by atoms with Crippen LogP contribution in [0.15, 0.2) is 18.2 Å². The predicted octanol–water partition coefficient (Wildman–Crippen LogP) is 1.06. The lowest BCUT2D eigenvalue weighted by atomic mass is 9.72. The van der Waals surface area contributed by atoms with E-state index < -0.39 is 120 Å². The van der Waals surface area contributed by atoms with Crippen molar-refractivity contribution < 1.29 is 68.1 Å². The van der Waals surface area contributed by atoms with Crippen molar-refractivity contribution in [1.82, 2.24) is 5.32 Å². The third-order valence-corrected chi connectivity index (χ3v) is 9.95. The van der Waals surface area contributed by atoms with E-state index in [0.29, 0.717) is 0 Å². The SMILES string of the molecule is COc1cccc2c1C(=O)c1c(O)c3c(c(O)c1C2=O)CC(O)(C(=O)COC(=O)[C@H](NC(=O)CCC(C)=O)C(C)C)C[C@H]3OC1CC(N)C(O)C(C)O1. The summed E-state index contributed by atoms with van der Waals surface area (Å²) in [6, 6.07) is 2.28. The number of hydrogen-bond acceptors (Lipinski definition) is 15. The highest BCUT2D eigenvalue weighted by Crippen LogP contribution is 2.52. The second kappa shape index (κ2) is 15.3. The zero-order valence-electron chi connectivity index (χ0n) is 30.0. The fourth-order valence-corrected chi connectivity index (χ4v) is 7.00. The van der Waals surface area contributed by atoms with E-state index in [4.69, 9.17) is 24.7 Å². The van der Waals surface area contributed by atoms with Gasteiger partial charge >= 0.3 is 5.97 Å². The number of esters is 1. The van der Waals surface area contributed by atoms with Gasteiger partial charge in [-0.05, 0) is 25.8 Å². The highest BCUT2D eigenvalue weighted by atomic mass is 16.7. The highest BCUT2D eigenvalue weighted by Gasteiger charge is 2.50. The van der Waals surface area contributed by atoms with E-state index in [-0.39, 0.29) is 53.0 Å². The van der Waals surface area contributed by atoms with E-state index in [9.17, 15) is 49.2 Å². The van der Waals surface area contributed by atoms with Gasteiger partial charge < -0.3 is 55.2 Å². The van der Waals surface area contributed by atoms with Gasteiger partial charge in [-0.2, -0.15) is 0 Å². The zero-order valence-corrected chi connectivity index (χ0v) is 30.0. The molecule has 5 unspecified atom stereocenters. The predicted molar refractivity (Wildman–Crippen MR) is 182 cm³/mol. The van der Waals surface area contributed by atoms with Crippen LogP contribution in [0.2, 0.25) is 0 Å². The number of methoxy groups -OCH3 is 1. The lowest BCUT2D eigenvalue weighted by Crippen LogP contribution is -2.53. The Balaban J connectivity index is 1.51. The molecule has 2 aromatic carbocycles. The Hall–Kier alpha value is -4.74. The smallest absolute Gasteiger partial charge is 0.329 e. The molecule has 2 aliphatic carbocycles. The van der Waals surface area contributed by atoms with Crippen LogP contribution in [0.3, 0.4) is 0 Å². The average molecular weight is 741 g/mol. The number of aromatic hydroxyl groups is 2. The molecule has 7 N–H and O–H groups in total. The van der Waals surface area contributed by atoms with Crippen LogP contribution in [0.1, 0.15) is 102 Å². The van der Waals surface area contributed by atoms with Crippen molar-refractivity contribution in [2.45, 2.75) is 102 Å². The molecule has 0 spiro atoms. The van der Waals surface area contributed by atoms with E-state index in [2.05, 4.69) is 5.32 Å². The van der Waals surface area contributed by atoms with Crippen molar-refractivity contribution in [1.29, 1.82) is 0 Å². The van der Waals surface area contributed by atoms with Crippen LogP contribution in [-0.4, -0.2) is 105 Å². The maximum atomic E-state index is 13.9. The van der Waals surface area contributed by atoms with E-state index in [1.54, 1.807) is 20.8 Å². The lowest BCUT2D eigenvalue weighted by molar-refractivity contribution is -0.247. The number of fused-ring (bicyclic) bond motifs is 3. The first-order valence-corrected chi connectivity index (χ1v) is 17.2. The van der Waals surface area contributed by atoms with Gasteiger partial charge in [-0.1, -0.05) is 26.0 Å². The molecular weight excluding hydrogens is 696 g/mol. The van der Waals surface area contributed by atoms with Gasteiger partial charge in [-0.15, -0.1) is 0 Å². The largest absolute Gasteiger partial charge is 0.507 e. The Kier molecular flexibility index (Phi) is 11.4. The molecule has 0 aromatic heterocycles. The summed E-state index contributed by atoms with van der Waals surface area (Å²) >= 11 is 0. The number of ketones is 4. The number of Topliss-reactive ketones (excluding diaryl/α,β-unsaturated/α-hetero) is 2. The van der Waals surface area contributed by atoms with Crippen LogP contribution in [0.5, 0.6) is 17.2 Å². The normalized spacial score (nSPS) is 25.5. The van der Waals surface area contributed by atoms with Crippen LogP contribution >= 0.6 is 0 Å². The Morgan fingerprint density at radius 3 is 2.36 bits per heavy atom. The maximum absolute atomic E-state index is 13.9. The van der Waals surface area contributed by atoms with E-state index >= 15 is 0 Å². The van der Waals surface area contributed by atoms with Gasteiger partial charge in [0.25, 0.3) is 0 Å². The van der Waals surface area contributed by atoms with Gasteiger partial charge in [0, 0.05) is 54.8 Å². The molecule has 1 amide bonds. The molecule has 0 saturated carbocycles. The summed E-state index contributed by atoms with van der Waals surface area (Å²) in [5.41, 5.74) is 1.85. The average Bonchev–Trinajstić information content (AvgIpc) is 3.10. The van der Waals surface area contributed by atoms with Crippen molar-refractivity contribution in [3.05, 3.63) is 51.6 Å². The number of ether oxygens (including phenoxy) is 4. The molecule has 0 radical (unpaired) electrons. The van der Waals surface area contributed by atoms with Crippen molar-refractivity contribution in [2.75, 3.05) is 13.7 Å². The van der Waals surface area contributed by atoms with Gasteiger partial charge in [0.2, 0.25) is 17.5 Å². The molecule has 5 rings (SSSR count).